The van der Waals surface area contributed by atoms with E-state index in [0.717, 1.165) is 16.9 Å². The van der Waals surface area contributed by atoms with Gasteiger partial charge in [-0.15, -0.1) is 0 Å². The highest BCUT2D eigenvalue weighted by Gasteiger charge is 2.29. The number of benzene rings is 1. The number of aryl methyl sites for hydroxylation is 1. The summed E-state index contributed by atoms with van der Waals surface area (Å²) >= 11 is 0. The highest BCUT2D eigenvalue weighted by molar-refractivity contribution is 5.96. The lowest BCUT2D eigenvalue weighted by atomic mass is 10.0. The minimum atomic E-state index is -0.410. The second-order valence-electron chi connectivity index (χ2n) is 4.57. The normalized spacial score (nSPS) is 17.8. The number of rotatable bonds is 2. The van der Waals surface area contributed by atoms with Crippen LogP contribution in [0.4, 0.5) is 0 Å². The van der Waals surface area contributed by atoms with Crippen LogP contribution in [-0.2, 0) is 9.53 Å². The number of fused-ring (bicyclic) bond motifs is 1. The molecule has 1 heterocycles. The zero-order valence-corrected chi connectivity index (χ0v) is 11.1. The number of carbonyl (C=O) groups excluding carboxylic acids is 1. The molecule has 1 aromatic carbocycles. The first-order valence-corrected chi connectivity index (χ1v) is 5.76. The molecule has 4 nitrogen and oxygen atoms in total. The molecule has 0 fully saturated rings. The predicted octanol–water partition coefficient (Wildman–Crippen LogP) is 1.83. The third kappa shape index (κ3) is 2.24. The lowest BCUT2D eigenvalue weighted by molar-refractivity contribution is -0.138. The number of ether oxygens (including phenoxy) is 2. The first kappa shape index (κ1) is 12.6. The van der Waals surface area contributed by atoms with Gasteiger partial charge in [-0.25, -0.2) is 4.79 Å². The van der Waals surface area contributed by atoms with Crippen LogP contribution in [-0.4, -0.2) is 38.3 Å². The molecule has 0 saturated heterocycles. The molecular weight excluding hydrogens is 230 g/mol. The van der Waals surface area contributed by atoms with Crippen molar-refractivity contribution in [3.8, 4) is 5.75 Å². The highest BCUT2D eigenvalue weighted by atomic mass is 16.5. The van der Waals surface area contributed by atoms with Gasteiger partial charge in [0, 0.05) is 5.56 Å². The summed E-state index contributed by atoms with van der Waals surface area (Å²) in [4.78, 5) is 13.6. The van der Waals surface area contributed by atoms with Crippen LogP contribution in [0, 0.1) is 6.92 Å². The van der Waals surface area contributed by atoms with Gasteiger partial charge in [0.25, 0.3) is 0 Å². The lowest BCUT2D eigenvalue weighted by Gasteiger charge is -2.30. The molecule has 1 aromatic rings. The van der Waals surface area contributed by atoms with E-state index in [2.05, 4.69) is 0 Å². The standard InChI is InChI=1S/C14H17NO3/c1-9-5-6-12-10(7-9)8-11(14(16)17-4)13(18-12)15(2)3/h5-8,13H,1-4H3. The van der Waals surface area contributed by atoms with Gasteiger partial charge in [0.15, 0.2) is 6.23 Å². The van der Waals surface area contributed by atoms with Crippen molar-refractivity contribution in [2.45, 2.75) is 13.2 Å². The number of nitrogens with zero attached hydrogens (tertiary/aromatic N) is 1. The van der Waals surface area contributed by atoms with Crippen molar-refractivity contribution >= 4 is 12.0 Å². The summed E-state index contributed by atoms with van der Waals surface area (Å²) in [7, 11) is 5.10. The maximum atomic E-state index is 11.8. The molecule has 1 unspecified atom stereocenters. The van der Waals surface area contributed by atoms with Crippen molar-refractivity contribution in [3.63, 3.8) is 0 Å². The summed E-state index contributed by atoms with van der Waals surface area (Å²) in [6.45, 7) is 2.00. The third-order valence-corrected chi connectivity index (χ3v) is 2.87. The Bertz CT molecular complexity index is 506. The molecule has 1 aliphatic heterocycles. The Morgan fingerprint density at radius 1 is 1.39 bits per heavy atom. The summed E-state index contributed by atoms with van der Waals surface area (Å²) in [6, 6.07) is 5.90. The van der Waals surface area contributed by atoms with E-state index in [9.17, 15) is 4.79 Å². The Kier molecular flexibility index (Phi) is 3.39. The van der Waals surface area contributed by atoms with Gasteiger partial charge in [0.2, 0.25) is 0 Å². The minimum Gasteiger partial charge on any atom is -0.470 e. The maximum absolute atomic E-state index is 11.8. The number of carbonyl (C=O) groups is 1. The van der Waals surface area contributed by atoms with Gasteiger partial charge in [-0.05, 0) is 39.2 Å². The summed E-state index contributed by atoms with van der Waals surface area (Å²) in [6.07, 6.45) is 1.43. The molecule has 0 saturated carbocycles. The fourth-order valence-electron chi connectivity index (χ4n) is 1.97. The molecule has 4 heteroatoms. The topological polar surface area (TPSA) is 38.8 Å². The highest BCUT2D eigenvalue weighted by Crippen LogP contribution is 2.31. The SMILES string of the molecule is COC(=O)C1=Cc2cc(C)ccc2OC1N(C)C. The Balaban J connectivity index is 2.48. The van der Waals surface area contributed by atoms with E-state index in [0.29, 0.717) is 5.57 Å². The second-order valence-corrected chi connectivity index (χ2v) is 4.57. The fraction of sp³-hybridized carbons (Fsp3) is 0.357. The number of hydrogen-bond donors (Lipinski definition) is 0. The molecule has 0 spiro atoms. The predicted molar refractivity (Wildman–Crippen MR) is 69.3 cm³/mol. The van der Waals surface area contributed by atoms with Gasteiger partial charge in [0.1, 0.15) is 5.75 Å². The van der Waals surface area contributed by atoms with Crippen molar-refractivity contribution in [2.24, 2.45) is 0 Å². The quantitative estimate of drug-likeness (QED) is 0.747. The molecule has 0 bridgehead atoms. The first-order valence-electron chi connectivity index (χ1n) is 5.76. The number of esters is 1. The van der Waals surface area contributed by atoms with Gasteiger partial charge in [-0.3, -0.25) is 4.90 Å². The van der Waals surface area contributed by atoms with E-state index >= 15 is 0 Å². The number of likely N-dealkylation sites (N-methyl/N-ethyl adjacent to an activating group) is 1. The zero-order chi connectivity index (χ0) is 13.3. The van der Waals surface area contributed by atoms with Crippen LogP contribution in [0.3, 0.4) is 0 Å². The molecule has 2 rings (SSSR count). The molecule has 18 heavy (non-hydrogen) atoms. The van der Waals surface area contributed by atoms with Gasteiger partial charge >= 0.3 is 5.97 Å². The van der Waals surface area contributed by atoms with Crippen molar-refractivity contribution in [3.05, 3.63) is 34.9 Å². The largest absolute Gasteiger partial charge is 0.470 e. The first-order chi connectivity index (χ1) is 8.52. The molecule has 96 valence electrons. The number of hydrogen-bond acceptors (Lipinski definition) is 4. The lowest BCUT2D eigenvalue weighted by Crippen LogP contribution is -2.39. The molecule has 0 aromatic heterocycles. The van der Waals surface area contributed by atoms with Crippen molar-refractivity contribution in [1.29, 1.82) is 0 Å². The monoisotopic (exact) mass is 247 g/mol. The van der Waals surface area contributed by atoms with E-state index in [-0.39, 0.29) is 5.97 Å². The van der Waals surface area contributed by atoms with Crippen LogP contribution in [0.2, 0.25) is 0 Å². The van der Waals surface area contributed by atoms with E-state index in [1.54, 1.807) is 0 Å². The summed E-state index contributed by atoms with van der Waals surface area (Å²) in [5.74, 6) is 0.424. The Labute approximate surface area is 107 Å². The summed E-state index contributed by atoms with van der Waals surface area (Å²) in [5.41, 5.74) is 2.55. The third-order valence-electron chi connectivity index (χ3n) is 2.87. The molecule has 1 atom stereocenters. The average Bonchev–Trinajstić information content (AvgIpc) is 2.35. The van der Waals surface area contributed by atoms with E-state index in [4.69, 9.17) is 9.47 Å². The van der Waals surface area contributed by atoms with E-state index in [1.807, 2.05) is 50.2 Å². The Morgan fingerprint density at radius 3 is 2.72 bits per heavy atom. The maximum Gasteiger partial charge on any atom is 0.338 e. The van der Waals surface area contributed by atoms with Crippen LogP contribution in [0.5, 0.6) is 5.75 Å². The Hall–Kier alpha value is -1.81. The van der Waals surface area contributed by atoms with Crippen LogP contribution >= 0.6 is 0 Å². The average molecular weight is 247 g/mol. The van der Waals surface area contributed by atoms with Crippen LogP contribution in [0.25, 0.3) is 6.08 Å². The van der Waals surface area contributed by atoms with Crippen molar-refractivity contribution in [1.82, 2.24) is 4.90 Å². The van der Waals surface area contributed by atoms with Crippen LogP contribution in [0.15, 0.2) is 23.8 Å². The summed E-state index contributed by atoms with van der Waals surface area (Å²) in [5, 5.41) is 0. The second kappa shape index (κ2) is 4.82. The van der Waals surface area contributed by atoms with Gasteiger partial charge < -0.3 is 9.47 Å². The van der Waals surface area contributed by atoms with Crippen molar-refractivity contribution < 1.29 is 14.3 Å². The Morgan fingerprint density at radius 2 is 2.11 bits per heavy atom. The molecule has 0 aliphatic carbocycles. The van der Waals surface area contributed by atoms with E-state index in [1.165, 1.54) is 7.11 Å². The molecule has 0 amide bonds. The van der Waals surface area contributed by atoms with Crippen LogP contribution in [0.1, 0.15) is 11.1 Å². The minimum absolute atomic E-state index is 0.360. The van der Waals surface area contributed by atoms with E-state index < -0.39 is 6.23 Å². The summed E-state index contributed by atoms with van der Waals surface area (Å²) < 4.78 is 10.6. The molecule has 0 radical (unpaired) electrons. The van der Waals surface area contributed by atoms with Gasteiger partial charge in [-0.2, -0.15) is 0 Å². The number of methoxy groups -OCH3 is 1. The molecule has 0 N–H and O–H groups in total. The fourth-order valence-corrected chi connectivity index (χ4v) is 1.97. The molecular formula is C14H17NO3. The van der Waals surface area contributed by atoms with Crippen LogP contribution < -0.4 is 4.74 Å². The molecule has 1 aliphatic rings. The van der Waals surface area contributed by atoms with Crippen molar-refractivity contribution in [2.75, 3.05) is 21.2 Å². The van der Waals surface area contributed by atoms with Gasteiger partial charge in [0.05, 0.1) is 12.7 Å². The zero-order valence-electron chi connectivity index (χ0n) is 11.1. The van der Waals surface area contributed by atoms with Gasteiger partial charge in [-0.1, -0.05) is 11.6 Å². The smallest absolute Gasteiger partial charge is 0.338 e.